The molecule has 0 aliphatic carbocycles. The summed E-state index contributed by atoms with van der Waals surface area (Å²) in [5.74, 6) is 0.0597. The van der Waals surface area contributed by atoms with Crippen LogP contribution in [0.4, 0.5) is 0 Å². The second-order valence-electron chi connectivity index (χ2n) is 2.67. The average Bonchev–Trinajstić information content (AvgIpc) is 2.16. The number of nitrogens with two attached hydrogens (primary N) is 2. The molecule has 0 amide bonds. The first-order valence-electron chi connectivity index (χ1n) is 3.95. The van der Waals surface area contributed by atoms with Crippen LogP contribution in [0.25, 0.3) is 0 Å². The van der Waals surface area contributed by atoms with E-state index in [2.05, 4.69) is 4.40 Å². The van der Waals surface area contributed by atoms with Crippen molar-refractivity contribution in [1.82, 2.24) is 0 Å². The van der Waals surface area contributed by atoms with Crippen LogP contribution >= 0.6 is 0 Å². The third kappa shape index (κ3) is 2.84. The van der Waals surface area contributed by atoms with Crippen molar-refractivity contribution in [1.29, 1.82) is 0 Å². The maximum atomic E-state index is 11.5. The topological polar surface area (TPSA) is 108 Å². The molecule has 0 aliphatic rings. The minimum atomic E-state index is -3.80. The van der Waals surface area contributed by atoms with Gasteiger partial charge in [0.2, 0.25) is 5.96 Å². The zero-order chi connectivity index (χ0) is 11.5. The maximum absolute atomic E-state index is 11.5. The van der Waals surface area contributed by atoms with E-state index < -0.39 is 16.0 Å². The van der Waals surface area contributed by atoms with Crippen molar-refractivity contribution in [2.45, 2.75) is 4.90 Å². The monoisotopic (exact) mass is 229 g/mol. The quantitative estimate of drug-likeness (QED) is 0.544. The molecule has 82 valence electrons. The average molecular weight is 229 g/mol. The number of benzene rings is 1. The van der Waals surface area contributed by atoms with Crippen molar-refractivity contribution in [3.63, 3.8) is 0 Å². The Kier molecular flexibility index (Phi) is 3.15. The van der Waals surface area contributed by atoms with Crippen LogP contribution < -0.4 is 16.2 Å². The van der Waals surface area contributed by atoms with Gasteiger partial charge in [0.25, 0.3) is 10.0 Å². The second kappa shape index (κ2) is 4.18. The van der Waals surface area contributed by atoms with Gasteiger partial charge in [0.1, 0.15) is 5.75 Å². The van der Waals surface area contributed by atoms with E-state index in [-0.39, 0.29) is 4.90 Å². The molecule has 0 unspecified atom stereocenters. The van der Waals surface area contributed by atoms with E-state index in [1.54, 1.807) is 0 Å². The Morgan fingerprint density at radius 3 is 2.20 bits per heavy atom. The molecular weight excluding hydrogens is 218 g/mol. The lowest BCUT2D eigenvalue weighted by Gasteiger charge is -2.01. The van der Waals surface area contributed by atoms with E-state index in [0.29, 0.717) is 5.75 Å². The Bertz CT molecular complexity index is 460. The van der Waals surface area contributed by atoms with Crippen LogP contribution in [0.5, 0.6) is 5.75 Å². The van der Waals surface area contributed by atoms with Crippen molar-refractivity contribution in [3.05, 3.63) is 24.3 Å². The summed E-state index contributed by atoms with van der Waals surface area (Å²) in [4.78, 5) is 0.0108. The highest BCUT2D eigenvalue weighted by Gasteiger charge is 2.12. The number of nitrogens with zero attached hydrogens (tertiary/aromatic N) is 1. The van der Waals surface area contributed by atoms with Crippen LogP contribution in [0.3, 0.4) is 0 Å². The fourth-order valence-corrected chi connectivity index (χ4v) is 1.80. The highest BCUT2D eigenvalue weighted by molar-refractivity contribution is 7.90. The molecule has 0 fully saturated rings. The van der Waals surface area contributed by atoms with Crippen LogP contribution in [-0.2, 0) is 10.0 Å². The van der Waals surface area contributed by atoms with Gasteiger partial charge in [-0.1, -0.05) is 0 Å². The van der Waals surface area contributed by atoms with E-state index in [0.717, 1.165) is 0 Å². The van der Waals surface area contributed by atoms with Crippen molar-refractivity contribution < 1.29 is 13.2 Å². The zero-order valence-electron chi connectivity index (χ0n) is 8.04. The summed E-state index contributed by atoms with van der Waals surface area (Å²) in [7, 11) is -2.32. The van der Waals surface area contributed by atoms with E-state index in [1.165, 1.54) is 31.4 Å². The van der Waals surface area contributed by atoms with Gasteiger partial charge in [0.05, 0.1) is 12.0 Å². The molecule has 4 N–H and O–H groups in total. The van der Waals surface area contributed by atoms with Gasteiger partial charge in [0.15, 0.2) is 0 Å². The van der Waals surface area contributed by atoms with Crippen LogP contribution in [0.1, 0.15) is 0 Å². The van der Waals surface area contributed by atoms with Crippen LogP contribution in [0.2, 0.25) is 0 Å². The molecule has 0 aliphatic heterocycles. The molecular formula is C8H11N3O3S. The number of methoxy groups -OCH3 is 1. The van der Waals surface area contributed by atoms with Gasteiger partial charge in [0, 0.05) is 0 Å². The molecule has 15 heavy (non-hydrogen) atoms. The number of sulfonamides is 1. The molecule has 1 rings (SSSR count). The third-order valence-corrected chi connectivity index (χ3v) is 2.90. The van der Waals surface area contributed by atoms with E-state index in [9.17, 15) is 8.42 Å². The van der Waals surface area contributed by atoms with Gasteiger partial charge in [-0.3, -0.25) is 0 Å². The number of guanidine groups is 1. The summed E-state index contributed by atoms with van der Waals surface area (Å²) in [5.41, 5.74) is 9.99. The SMILES string of the molecule is COc1ccc(S(=O)(=O)N=C(N)N)cc1. The Hall–Kier alpha value is -1.76. The first-order valence-corrected chi connectivity index (χ1v) is 5.39. The van der Waals surface area contributed by atoms with Crippen LogP contribution in [0.15, 0.2) is 33.6 Å². The Balaban J connectivity index is 3.12. The van der Waals surface area contributed by atoms with Gasteiger partial charge in [-0.15, -0.1) is 4.40 Å². The van der Waals surface area contributed by atoms with Crippen LogP contribution in [0, 0.1) is 0 Å². The van der Waals surface area contributed by atoms with Gasteiger partial charge in [-0.25, -0.2) is 0 Å². The molecule has 0 heterocycles. The zero-order valence-corrected chi connectivity index (χ0v) is 8.86. The number of hydrogen-bond donors (Lipinski definition) is 2. The Morgan fingerprint density at radius 2 is 1.80 bits per heavy atom. The highest BCUT2D eigenvalue weighted by Crippen LogP contribution is 2.16. The van der Waals surface area contributed by atoms with E-state index in [1.807, 2.05) is 0 Å². The molecule has 0 saturated carbocycles. The van der Waals surface area contributed by atoms with Gasteiger partial charge in [-0.2, -0.15) is 8.42 Å². The summed E-state index contributed by atoms with van der Waals surface area (Å²) in [6.45, 7) is 0. The molecule has 1 aromatic rings. The molecule has 0 atom stereocenters. The first-order chi connectivity index (χ1) is 6.95. The second-order valence-corrected chi connectivity index (χ2v) is 4.27. The number of rotatable bonds is 3. The predicted molar refractivity (Wildman–Crippen MR) is 56.0 cm³/mol. The summed E-state index contributed by atoms with van der Waals surface area (Å²) < 4.78 is 30.9. The fourth-order valence-electron chi connectivity index (χ4n) is 0.939. The maximum Gasteiger partial charge on any atom is 0.285 e. The largest absolute Gasteiger partial charge is 0.497 e. The normalized spacial score (nSPS) is 10.7. The van der Waals surface area contributed by atoms with Crippen LogP contribution in [-0.4, -0.2) is 21.5 Å². The number of hydrogen-bond acceptors (Lipinski definition) is 3. The Labute approximate surface area is 87.6 Å². The summed E-state index contributed by atoms with van der Waals surface area (Å²) in [6, 6.07) is 5.74. The lowest BCUT2D eigenvalue weighted by atomic mass is 10.3. The molecule has 1 aromatic carbocycles. The molecule has 0 bridgehead atoms. The van der Waals surface area contributed by atoms with Crippen molar-refractivity contribution in [2.75, 3.05) is 7.11 Å². The predicted octanol–water partition coefficient (Wildman–Crippen LogP) is -0.343. The molecule has 0 radical (unpaired) electrons. The highest BCUT2D eigenvalue weighted by atomic mass is 32.2. The molecule has 0 spiro atoms. The van der Waals surface area contributed by atoms with Gasteiger partial charge >= 0.3 is 0 Å². The van der Waals surface area contributed by atoms with Crippen molar-refractivity contribution >= 4 is 16.0 Å². The summed E-state index contributed by atoms with van der Waals surface area (Å²) in [5, 5.41) is 0. The molecule has 0 saturated heterocycles. The van der Waals surface area contributed by atoms with E-state index >= 15 is 0 Å². The number of ether oxygens (including phenoxy) is 1. The summed E-state index contributed by atoms with van der Waals surface area (Å²) >= 11 is 0. The molecule has 7 heteroatoms. The van der Waals surface area contributed by atoms with E-state index in [4.69, 9.17) is 16.2 Å². The standard InChI is InChI=1S/C8H11N3O3S/c1-14-6-2-4-7(5-3-6)15(12,13)11-8(9)10/h2-5H,1H3,(H4,9,10,11). The lowest BCUT2D eigenvalue weighted by Crippen LogP contribution is -2.24. The minimum absolute atomic E-state index is 0.0108. The summed E-state index contributed by atoms with van der Waals surface area (Å²) in [6.07, 6.45) is 0. The lowest BCUT2D eigenvalue weighted by molar-refractivity contribution is 0.414. The van der Waals surface area contributed by atoms with Gasteiger partial charge in [-0.05, 0) is 24.3 Å². The van der Waals surface area contributed by atoms with Gasteiger partial charge < -0.3 is 16.2 Å². The van der Waals surface area contributed by atoms with Crippen molar-refractivity contribution in [3.8, 4) is 5.75 Å². The third-order valence-electron chi connectivity index (χ3n) is 1.58. The van der Waals surface area contributed by atoms with Crippen molar-refractivity contribution in [2.24, 2.45) is 15.9 Å². The minimum Gasteiger partial charge on any atom is -0.497 e. The smallest absolute Gasteiger partial charge is 0.285 e. The molecule has 0 aromatic heterocycles. The Morgan fingerprint density at radius 1 is 1.27 bits per heavy atom. The fraction of sp³-hybridized carbons (Fsp3) is 0.125. The molecule has 6 nitrogen and oxygen atoms in total. The first kappa shape index (κ1) is 11.3.